The van der Waals surface area contributed by atoms with Gasteiger partial charge in [-0.05, 0) is 109 Å². The number of carbonyl (C=O) groups is 1. The van der Waals surface area contributed by atoms with Gasteiger partial charge in [-0.1, -0.05) is 38.2 Å². The van der Waals surface area contributed by atoms with Gasteiger partial charge in [0.25, 0.3) is 0 Å². The molecule has 1 aromatic heterocycles. The number of ether oxygens (including phenoxy) is 1. The number of benzene rings is 1. The molecule has 11 heteroatoms. The van der Waals surface area contributed by atoms with Gasteiger partial charge >= 0.3 is 18.3 Å². The fourth-order valence-corrected chi connectivity index (χ4v) is 10.6. The summed E-state index contributed by atoms with van der Waals surface area (Å²) in [6.45, 7) is 8.90. The van der Waals surface area contributed by atoms with Gasteiger partial charge in [0.2, 0.25) is 0 Å². The van der Waals surface area contributed by atoms with Crippen LogP contribution in [-0.4, -0.2) is 17.6 Å². The molecule has 1 aromatic carbocycles. The second-order valence-corrected chi connectivity index (χ2v) is 14.9. The third-order valence-corrected chi connectivity index (χ3v) is 12.5. The zero-order valence-electron chi connectivity index (χ0n) is 25.3. The predicted octanol–water partition coefficient (Wildman–Crippen LogP) is 9.92. The molecule has 0 unspecified atom stereocenters. The fourth-order valence-electron chi connectivity index (χ4n) is 9.42. The third kappa shape index (κ3) is 5.34. The van der Waals surface area contributed by atoms with Crippen LogP contribution in [0.5, 0.6) is 0 Å². The van der Waals surface area contributed by atoms with Crippen molar-refractivity contribution >= 4 is 33.7 Å². The van der Waals surface area contributed by atoms with E-state index in [0.29, 0.717) is 59.9 Å². The summed E-state index contributed by atoms with van der Waals surface area (Å²) in [6.07, 6.45) is -0.386. The standard InChI is InChI=1S/C33H38F6N2O2S/c1-17(16-43-18(2)42)23-7-8-24-22-5-6-26-28-27(10-12-31(26,4)25(22)9-11-30(23,24)3)41-29(44-28)40-21-14-19(32(34,35)36)13-20(15-21)33(37,38)39/h6,13-15,17,22-25H,5,7-12,16H2,1-4H3,(H,40,41)/t17-,22+,23-,24+,25+,30-,31-/m1/s1. The Kier molecular flexibility index (Phi) is 7.69. The molecule has 0 spiro atoms. The first kappa shape index (κ1) is 31.4. The van der Waals surface area contributed by atoms with Crippen molar-refractivity contribution in [2.45, 2.75) is 85.0 Å². The quantitative estimate of drug-likeness (QED) is 0.261. The first-order chi connectivity index (χ1) is 20.5. The number of nitrogens with one attached hydrogen (secondary N) is 1. The van der Waals surface area contributed by atoms with Gasteiger partial charge in [0, 0.05) is 12.6 Å². The normalized spacial score (nSPS) is 32.1. The number of esters is 1. The van der Waals surface area contributed by atoms with Crippen LogP contribution < -0.4 is 5.32 Å². The lowest BCUT2D eigenvalue weighted by Gasteiger charge is -2.57. The molecule has 4 aliphatic rings. The summed E-state index contributed by atoms with van der Waals surface area (Å²) in [4.78, 5) is 17.1. The fraction of sp³-hybridized carbons (Fsp3) is 0.636. The number of aryl methyl sites for hydroxylation is 1. The van der Waals surface area contributed by atoms with E-state index < -0.39 is 23.5 Å². The molecular weight excluding hydrogens is 602 g/mol. The van der Waals surface area contributed by atoms with Gasteiger partial charge in [-0.3, -0.25) is 4.79 Å². The maximum Gasteiger partial charge on any atom is 0.416 e. The van der Waals surface area contributed by atoms with Crippen LogP contribution >= 0.6 is 11.3 Å². The van der Waals surface area contributed by atoms with E-state index in [9.17, 15) is 31.1 Å². The minimum absolute atomic E-state index is 0.0673. The molecule has 4 aliphatic carbocycles. The van der Waals surface area contributed by atoms with E-state index in [1.165, 1.54) is 30.3 Å². The van der Waals surface area contributed by atoms with Crippen LogP contribution in [-0.2, 0) is 28.3 Å². The van der Waals surface area contributed by atoms with E-state index >= 15 is 0 Å². The lowest BCUT2D eigenvalue weighted by atomic mass is 9.47. The van der Waals surface area contributed by atoms with Gasteiger partial charge in [0.1, 0.15) is 0 Å². The highest BCUT2D eigenvalue weighted by atomic mass is 32.1. The number of anilines is 2. The van der Waals surface area contributed by atoms with Crippen LogP contribution in [0.1, 0.15) is 87.9 Å². The van der Waals surface area contributed by atoms with E-state index in [1.807, 2.05) is 0 Å². The number of aromatic nitrogens is 1. The zero-order chi connectivity index (χ0) is 31.8. The first-order valence-corrected chi connectivity index (χ1v) is 16.2. The van der Waals surface area contributed by atoms with E-state index in [-0.39, 0.29) is 28.6 Å². The maximum absolute atomic E-state index is 13.4. The Bertz CT molecular complexity index is 1450. The summed E-state index contributed by atoms with van der Waals surface area (Å²) >= 11 is 1.32. The maximum atomic E-state index is 13.4. The van der Waals surface area contributed by atoms with E-state index in [4.69, 9.17) is 4.74 Å². The number of alkyl halides is 6. The van der Waals surface area contributed by atoms with Crippen LogP contribution in [0, 0.1) is 40.4 Å². The molecule has 44 heavy (non-hydrogen) atoms. The summed E-state index contributed by atoms with van der Waals surface area (Å²) in [5, 5.41) is 3.06. The molecule has 1 heterocycles. The van der Waals surface area contributed by atoms with E-state index in [1.54, 1.807) is 0 Å². The largest absolute Gasteiger partial charge is 0.466 e. The summed E-state index contributed by atoms with van der Waals surface area (Å²) in [5.74, 6) is 2.20. The predicted molar refractivity (Wildman–Crippen MR) is 157 cm³/mol. The van der Waals surface area contributed by atoms with Crippen molar-refractivity contribution in [2.24, 2.45) is 40.4 Å². The lowest BCUT2D eigenvalue weighted by molar-refractivity contribution is -0.144. The summed E-state index contributed by atoms with van der Waals surface area (Å²) in [5.41, 5.74) is -0.793. The van der Waals surface area contributed by atoms with Crippen LogP contribution in [0.25, 0.3) is 5.57 Å². The minimum Gasteiger partial charge on any atom is -0.466 e. The van der Waals surface area contributed by atoms with Crippen LogP contribution in [0.15, 0.2) is 24.3 Å². The molecule has 0 radical (unpaired) electrons. The van der Waals surface area contributed by atoms with Gasteiger partial charge in [0.15, 0.2) is 5.13 Å². The Morgan fingerprint density at radius 1 is 1.05 bits per heavy atom. The topological polar surface area (TPSA) is 51.2 Å². The number of nitrogens with zero attached hydrogens (tertiary/aromatic N) is 1. The van der Waals surface area contributed by atoms with Crippen molar-refractivity contribution in [1.29, 1.82) is 0 Å². The molecule has 7 atom stereocenters. The van der Waals surface area contributed by atoms with Gasteiger partial charge in [-0.15, -0.1) is 0 Å². The van der Waals surface area contributed by atoms with Gasteiger partial charge in [0.05, 0.1) is 28.3 Å². The molecule has 0 saturated heterocycles. The molecule has 4 nitrogen and oxygen atoms in total. The Hall–Kier alpha value is -2.56. The van der Waals surface area contributed by atoms with E-state index in [2.05, 4.69) is 37.1 Å². The second kappa shape index (κ2) is 10.8. The van der Waals surface area contributed by atoms with Crippen molar-refractivity contribution < 1.29 is 35.9 Å². The summed E-state index contributed by atoms with van der Waals surface area (Å²) in [6, 6.07) is 1.53. The molecule has 2 saturated carbocycles. The number of rotatable bonds is 5. The summed E-state index contributed by atoms with van der Waals surface area (Å²) < 4.78 is 85.9. The number of carbonyl (C=O) groups excluding carboxylic acids is 1. The van der Waals surface area contributed by atoms with Crippen molar-refractivity contribution in [1.82, 2.24) is 4.98 Å². The Labute approximate surface area is 257 Å². The molecule has 2 aromatic rings. The Balaban J connectivity index is 1.26. The van der Waals surface area contributed by atoms with Crippen molar-refractivity contribution in [3.05, 3.63) is 46.0 Å². The van der Waals surface area contributed by atoms with Crippen LogP contribution in [0.4, 0.5) is 37.2 Å². The highest BCUT2D eigenvalue weighted by Crippen LogP contribution is 2.68. The van der Waals surface area contributed by atoms with Crippen molar-refractivity contribution in [3.8, 4) is 0 Å². The smallest absolute Gasteiger partial charge is 0.416 e. The van der Waals surface area contributed by atoms with E-state index in [0.717, 1.165) is 42.7 Å². The molecule has 6 rings (SSSR count). The number of halogens is 6. The molecule has 0 amide bonds. The molecule has 0 bridgehead atoms. The molecule has 240 valence electrons. The number of hydrogen-bond donors (Lipinski definition) is 1. The first-order valence-electron chi connectivity index (χ1n) is 15.4. The number of thiazole rings is 1. The Morgan fingerprint density at radius 2 is 1.73 bits per heavy atom. The molecule has 2 fully saturated rings. The Morgan fingerprint density at radius 3 is 2.36 bits per heavy atom. The highest BCUT2D eigenvalue weighted by molar-refractivity contribution is 7.16. The van der Waals surface area contributed by atoms with Gasteiger partial charge in [-0.25, -0.2) is 4.98 Å². The van der Waals surface area contributed by atoms with Crippen LogP contribution in [0.2, 0.25) is 0 Å². The highest BCUT2D eigenvalue weighted by Gasteiger charge is 2.59. The van der Waals surface area contributed by atoms with Gasteiger partial charge in [-0.2, -0.15) is 26.3 Å². The zero-order valence-corrected chi connectivity index (χ0v) is 26.1. The summed E-state index contributed by atoms with van der Waals surface area (Å²) in [7, 11) is 0. The second-order valence-electron chi connectivity index (χ2n) is 13.9. The number of hydrogen-bond acceptors (Lipinski definition) is 5. The average molecular weight is 641 g/mol. The minimum atomic E-state index is -4.92. The lowest BCUT2D eigenvalue weighted by Crippen LogP contribution is -2.50. The number of allylic oxidation sites excluding steroid dienone is 2. The average Bonchev–Trinajstić information content (AvgIpc) is 3.50. The van der Waals surface area contributed by atoms with Gasteiger partial charge < -0.3 is 10.1 Å². The molecule has 1 N–H and O–H groups in total. The van der Waals surface area contributed by atoms with Crippen LogP contribution in [0.3, 0.4) is 0 Å². The SMILES string of the molecule is CC(=O)OC[C@@H](C)[C@H]1CC[C@H]2[C@@H]3CC=C4c5sc(Nc6cc(C(F)(F)F)cc(C(F)(F)F)c6)nc5CC[C@]4(C)[C@H]3CC[C@]12C. The van der Waals surface area contributed by atoms with Crippen molar-refractivity contribution in [3.63, 3.8) is 0 Å². The number of fused-ring (bicyclic) bond motifs is 7. The monoisotopic (exact) mass is 640 g/mol. The van der Waals surface area contributed by atoms with Crippen molar-refractivity contribution in [2.75, 3.05) is 11.9 Å². The third-order valence-electron chi connectivity index (χ3n) is 11.4. The molecule has 0 aliphatic heterocycles. The molecular formula is C33H38F6N2O2S.